The van der Waals surface area contributed by atoms with Gasteiger partial charge in [-0.2, -0.15) is 0 Å². The minimum Gasteiger partial charge on any atom is -0.402 e. The molecule has 4 fully saturated rings. The van der Waals surface area contributed by atoms with Crippen LogP contribution in [0.3, 0.4) is 0 Å². The number of pyridine rings is 1. The van der Waals surface area contributed by atoms with Crippen molar-refractivity contribution < 1.29 is 22.6 Å². The van der Waals surface area contributed by atoms with Crippen molar-refractivity contribution in [2.45, 2.75) is 50.0 Å². The summed E-state index contributed by atoms with van der Waals surface area (Å²) in [6, 6.07) is 2.36. The molecule has 32 heavy (non-hydrogen) atoms. The lowest BCUT2D eigenvalue weighted by molar-refractivity contribution is -0.274. The summed E-state index contributed by atoms with van der Waals surface area (Å²) in [7, 11) is 0. The lowest BCUT2D eigenvalue weighted by atomic mass is 10.1. The number of ether oxygens (including phenoxy) is 2. The second-order valence-corrected chi connectivity index (χ2v) is 9.41. The molecule has 3 aliphatic carbocycles. The highest BCUT2D eigenvalue weighted by Gasteiger charge is 2.58. The predicted octanol–water partition coefficient (Wildman–Crippen LogP) is 3.59. The number of rotatable bonds is 5. The van der Waals surface area contributed by atoms with Crippen LogP contribution in [0.2, 0.25) is 0 Å². The van der Waals surface area contributed by atoms with E-state index >= 15 is 0 Å². The predicted molar refractivity (Wildman–Crippen MR) is 110 cm³/mol. The molecule has 2 N–H and O–H groups in total. The number of aromatic nitrogens is 3. The Kier molecular flexibility index (Phi) is 4.66. The van der Waals surface area contributed by atoms with E-state index in [0.717, 1.165) is 45.0 Å². The second kappa shape index (κ2) is 7.34. The second-order valence-electron chi connectivity index (χ2n) is 9.41. The van der Waals surface area contributed by atoms with Gasteiger partial charge in [0.15, 0.2) is 11.6 Å². The Balaban J connectivity index is 1.23. The molecule has 0 spiro atoms. The molecule has 2 unspecified atom stereocenters. The SMILES string of the molecule is Nc1ncc(-c2cn(C3C4CC(N5CCOCC5)CC43)c(C3CC3)n2)cc1OC(F)(F)F. The number of imidazole rings is 1. The Morgan fingerprint density at radius 2 is 1.84 bits per heavy atom. The number of halogens is 3. The fourth-order valence-electron chi connectivity index (χ4n) is 5.66. The van der Waals surface area contributed by atoms with E-state index in [1.165, 1.54) is 25.1 Å². The quantitative estimate of drug-likeness (QED) is 0.752. The molecule has 2 aromatic heterocycles. The zero-order valence-corrected chi connectivity index (χ0v) is 17.6. The lowest BCUT2D eigenvalue weighted by Crippen LogP contribution is -2.43. The summed E-state index contributed by atoms with van der Waals surface area (Å²) in [6.45, 7) is 3.68. The minimum atomic E-state index is -4.82. The fraction of sp³-hybridized carbons (Fsp3) is 0.636. The van der Waals surface area contributed by atoms with E-state index in [4.69, 9.17) is 15.5 Å². The van der Waals surface area contributed by atoms with Crippen LogP contribution in [0, 0.1) is 11.8 Å². The molecule has 0 bridgehead atoms. The van der Waals surface area contributed by atoms with E-state index in [1.54, 1.807) is 0 Å². The van der Waals surface area contributed by atoms with Crippen LogP contribution in [0.5, 0.6) is 5.75 Å². The van der Waals surface area contributed by atoms with Gasteiger partial charge in [0.1, 0.15) is 5.82 Å². The number of hydrogen-bond donors (Lipinski definition) is 1. The van der Waals surface area contributed by atoms with Crippen molar-refractivity contribution in [3.63, 3.8) is 0 Å². The number of morpholine rings is 1. The van der Waals surface area contributed by atoms with Crippen LogP contribution in [0.15, 0.2) is 18.5 Å². The van der Waals surface area contributed by atoms with Crippen molar-refractivity contribution in [2.24, 2.45) is 11.8 Å². The number of nitrogen functional groups attached to an aromatic ring is 1. The minimum absolute atomic E-state index is 0.293. The zero-order valence-electron chi connectivity index (χ0n) is 17.6. The van der Waals surface area contributed by atoms with E-state index in [9.17, 15) is 13.2 Å². The average molecular weight is 449 g/mol. The molecule has 0 amide bonds. The number of nitrogens with two attached hydrogens (primary N) is 1. The molecule has 6 rings (SSSR count). The van der Waals surface area contributed by atoms with Crippen molar-refractivity contribution in [1.82, 2.24) is 19.4 Å². The average Bonchev–Trinajstić information content (AvgIpc) is 3.63. The first-order chi connectivity index (χ1) is 15.4. The molecule has 2 atom stereocenters. The van der Waals surface area contributed by atoms with Gasteiger partial charge in [0.25, 0.3) is 0 Å². The molecule has 3 saturated carbocycles. The molecular formula is C22H26F3N5O2. The molecule has 2 aromatic rings. The maximum atomic E-state index is 12.7. The number of hydrogen-bond acceptors (Lipinski definition) is 6. The first kappa shape index (κ1) is 20.3. The Hall–Kier alpha value is -2.33. The summed E-state index contributed by atoms with van der Waals surface area (Å²) in [5, 5.41) is 0. The number of fused-ring (bicyclic) bond motifs is 1. The topological polar surface area (TPSA) is 78.4 Å². The Labute approximate surface area is 183 Å². The van der Waals surface area contributed by atoms with Crippen LogP contribution in [0.4, 0.5) is 19.0 Å². The third kappa shape index (κ3) is 3.73. The van der Waals surface area contributed by atoms with Gasteiger partial charge in [-0.25, -0.2) is 9.97 Å². The maximum Gasteiger partial charge on any atom is 0.573 e. The summed E-state index contributed by atoms with van der Waals surface area (Å²) in [5.74, 6) is 2.00. The molecule has 3 heterocycles. The molecule has 0 radical (unpaired) electrons. The van der Waals surface area contributed by atoms with Crippen molar-refractivity contribution >= 4 is 5.82 Å². The van der Waals surface area contributed by atoms with Gasteiger partial charge < -0.3 is 19.8 Å². The third-order valence-corrected chi connectivity index (χ3v) is 7.36. The van der Waals surface area contributed by atoms with E-state index in [1.807, 2.05) is 6.20 Å². The molecule has 10 heteroatoms. The van der Waals surface area contributed by atoms with Gasteiger partial charge in [-0.3, -0.25) is 4.90 Å². The van der Waals surface area contributed by atoms with E-state index in [0.29, 0.717) is 41.1 Å². The Bertz CT molecular complexity index is 1000. The number of alkyl halides is 3. The summed E-state index contributed by atoms with van der Waals surface area (Å²) in [5.41, 5.74) is 6.70. The lowest BCUT2D eigenvalue weighted by Gasteiger charge is -2.33. The Morgan fingerprint density at radius 1 is 1.12 bits per heavy atom. The van der Waals surface area contributed by atoms with Crippen LogP contribution >= 0.6 is 0 Å². The van der Waals surface area contributed by atoms with Gasteiger partial charge in [0, 0.05) is 49.0 Å². The van der Waals surface area contributed by atoms with Gasteiger partial charge in [0.05, 0.1) is 18.9 Å². The normalized spacial score (nSPS) is 30.3. The number of anilines is 1. The van der Waals surface area contributed by atoms with Gasteiger partial charge in [-0.05, 0) is 43.6 Å². The highest BCUT2D eigenvalue weighted by atomic mass is 19.4. The van der Waals surface area contributed by atoms with E-state index < -0.39 is 12.1 Å². The standard InChI is InChI=1S/C22H26F3N5O2/c23-22(24,25)32-18-7-13(10-27-20(18)26)17-11-30(21(28-17)12-1-2-12)19-15-8-14(9-16(15)19)29-3-5-31-6-4-29/h7,10-12,14-16,19H,1-6,8-9H2,(H2,26,27). The third-order valence-electron chi connectivity index (χ3n) is 7.36. The zero-order chi connectivity index (χ0) is 22.0. The molecule has 0 aromatic carbocycles. The van der Waals surface area contributed by atoms with E-state index in [-0.39, 0.29) is 5.82 Å². The van der Waals surface area contributed by atoms with Crippen molar-refractivity contribution in [2.75, 3.05) is 32.0 Å². The van der Waals surface area contributed by atoms with Gasteiger partial charge in [-0.1, -0.05) is 0 Å². The fourth-order valence-corrected chi connectivity index (χ4v) is 5.66. The summed E-state index contributed by atoms with van der Waals surface area (Å²) < 4.78 is 50.0. The molecular weight excluding hydrogens is 423 g/mol. The molecule has 1 aliphatic heterocycles. The van der Waals surface area contributed by atoms with Crippen molar-refractivity contribution in [1.29, 1.82) is 0 Å². The van der Waals surface area contributed by atoms with Crippen LogP contribution in [0.25, 0.3) is 11.3 Å². The molecule has 172 valence electrons. The first-order valence-electron chi connectivity index (χ1n) is 11.3. The van der Waals surface area contributed by atoms with Crippen molar-refractivity contribution in [3.8, 4) is 17.0 Å². The monoisotopic (exact) mass is 449 g/mol. The van der Waals surface area contributed by atoms with Crippen LogP contribution in [-0.4, -0.2) is 58.1 Å². The summed E-state index contributed by atoms with van der Waals surface area (Å²) in [6.07, 6.45) is 3.24. The highest BCUT2D eigenvalue weighted by Crippen LogP contribution is 2.62. The molecule has 4 aliphatic rings. The molecule has 1 saturated heterocycles. The first-order valence-corrected chi connectivity index (χ1v) is 11.3. The van der Waals surface area contributed by atoms with Crippen LogP contribution in [0.1, 0.15) is 43.5 Å². The van der Waals surface area contributed by atoms with Crippen molar-refractivity contribution in [3.05, 3.63) is 24.3 Å². The van der Waals surface area contributed by atoms with Crippen LogP contribution < -0.4 is 10.5 Å². The maximum absolute atomic E-state index is 12.7. The summed E-state index contributed by atoms with van der Waals surface area (Å²) in [4.78, 5) is 11.3. The number of nitrogens with zero attached hydrogens (tertiary/aromatic N) is 4. The van der Waals surface area contributed by atoms with Gasteiger partial charge in [-0.15, -0.1) is 13.2 Å². The summed E-state index contributed by atoms with van der Waals surface area (Å²) >= 11 is 0. The highest BCUT2D eigenvalue weighted by molar-refractivity contribution is 5.64. The van der Waals surface area contributed by atoms with Gasteiger partial charge >= 0.3 is 6.36 Å². The Morgan fingerprint density at radius 3 is 2.50 bits per heavy atom. The molecule has 7 nitrogen and oxygen atoms in total. The van der Waals surface area contributed by atoms with E-state index in [2.05, 4.69) is 19.2 Å². The smallest absolute Gasteiger partial charge is 0.402 e. The van der Waals surface area contributed by atoms with Gasteiger partial charge in [0.2, 0.25) is 0 Å². The largest absolute Gasteiger partial charge is 0.573 e. The van der Waals surface area contributed by atoms with Crippen LogP contribution in [-0.2, 0) is 4.74 Å².